The van der Waals surface area contributed by atoms with Crippen molar-refractivity contribution in [3.8, 4) is 0 Å². The third kappa shape index (κ3) is 1.91. The van der Waals surface area contributed by atoms with Crippen molar-refractivity contribution in [2.45, 2.75) is 25.6 Å². The van der Waals surface area contributed by atoms with E-state index in [2.05, 4.69) is 5.32 Å². The van der Waals surface area contributed by atoms with Gasteiger partial charge in [0.2, 0.25) is 0 Å². The molecule has 0 saturated carbocycles. The van der Waals surface area contributed by atoms with Crippen molar-refractivity contribution in [3.63, 3.8) is 0 Å². The minimum Gasteiger partial charge on any atom is -0.480 e. The lowest BCUT2D eigenvalue weighted by atomic mass is 9.93. The second-order valence-electron chi connectivity index (χ2n) is 3.90. The number of carbonyl (C=O) groups is 1. The summed E-state index contributed by atoms with van der Waals surface area (Å²) in [6.45, 7) is 0.656. The third-order valence-electron chi connectivity index (χ3n) is 2.83. The molecular formula is C11H13FN2O2. The second-order valence-corrected chi connectivity index (χ2v) is 3.90. The summed E-state index contributed by atoms with van der Waals surface area (Å²) in [5, 5.41) is 11.7. The number of carboxylic acid groups (broad SMARTS) is 1. The van der Waals surface area contributed by atoms with Crippen LogP contribution in [0.1, 0.15) is 16.7 Å². The fourth-order valence-corrected chi connectivity index (χ4v) is 1.94. The van der Waals surface area contributed by atoms with Crippen LogP contribution in [0.25, 0.3) is 0 Å². The summed E-state index contributed by atoms with van der Waals surface area (Å²) >= 11 is 0. The Balaban J connectivity index is 2.35. The SMILES string of the molecule is NCc1cc(F)c2c(c1)CNC(C(=O)O)C2. The third-order valence-corrected chi connectivity index (χ3v) is 2.83. The number of hydrogen-bond donors (Lipinski definition) is 3. The van der Waals surface area contributed by atoms with Crippen molar-refractivity contribution >= 4 is 5.97 Å². The standard InChI is InChI=1S/C11H13FN2O2/c12-9-2-6(4-13)1-7-5-14-10(11(15)16)3-8(7)9/h1-2,10,14H,3-5,13H2,(H,15,16). The number of aliphatic carboxylic acids is 1. The molecule has 1 unspecified atom stereocenters. The first kappa shape index (κ1) is 11.0. The molecule has 0 aromatic heterocycles. The van der Waals surface area contributed by atoms with Crippen LogP contribution in [0.15, 0.2) is 12.1 Å². The van der Waals surface area contributed by atoms with Gasteiger partial charge in [-0.1, -0.05) is 6.07 Å². The van der Waals surface area contributed by atoms with Gasteiger partial charge in [-0.25, -0.2) is 4.39 Å². The Hall–Kier alpha value is -1.46. The predicted octanol–water partition coefficient (Wildman–Crippen LogP) is 0.383. The number of hydrogen-bond acceptors (Lipinski definition) is 3. The van der Waals surface area contributed by atoms with E-state index in [1.807, 2.05) is 6.07 Å². The van der Waals surface area contributed by atoms with Crippen LogP contribution in [-0.4, -0.2) is 17.1 Å². The molecule has 86 valence electrons. The van der Waals surface area contributed by atoms with Gasteiger partial charge in [0.15, 0.2) is 0 Å². The zero-order valence-corrected chi connectivity index (χ0v) is 8.66. The number of nitrogens with one attached hydrogen (secondary N) is 1. The number of halogens is 1. The maximum Gasteiger partial charge on any atom is 0.321 e. The van der Waals surface area contributed by atoms with Crippen molar-refractivity contribution in [2.24, 2.45) is 5.73 Å². The lowest BCUT2D eigenvalue weighted by Gasteiger charge is -2.24. The molecule has 0 bridgehead atoms. The summed E-state index contributed by atoms with van der Waals surface area (Å²) in [5.74, 6) is -1.31. The van der Waals surface area contributed by atoms with Crippen LogP contribution >= 0.6 is 0 Å². The Morgan fingerprint density at radius 3 is 3.00 bits per heavy atom. The van der Waals surface area contributed by atoms with E-state index < -0.39 is 12.0 Å². The zero-order chi connectivity index (χ0) is 11.7. The zero-order valence-electron chi connectivity index (χ0n) is 8.66. The van der Waals surface area contributed by atoms with E-state index in [1.54, 1.807) is 0 Å². The van der Waals surface area contributed by atoms with Gasteiger partial charge in [-0.2, -0.15) is 0 Å². The summed E-state index contributed by atoms with van der Waals surface area (Å²) in [6, 6.07) is 2.50. The van der Waals surface area contributed by atoms with Crippen molar-refractivity contribution in [2.75, 3.05) is 0 Å². The van der Waals surface area contributed by atoms with E-state index in [1.165, 1.54) is 6.07 Å². The second kappa shape index (κ2) is 4.19. The molecule has 0 amide bonds. The molecule has 2 rings (SSSR count). The topological polar surface area (TPSA) is 75.3 Å². The van der Waals surface area contributed by atoms with Gasteiger partial charge in [0.25, 0.3) is 0 Å². The molecule has 1 aliphatic heterocycles. The molecule has 1 aromatic carbocycles. The monoisotopic (exact) mass is 224 g/mol. The summed E-state index contributed by atoms with van der Waals surface area (Å²) in [6.07, 6.45) is 0.182. The molecule has 0 saturated heterocycles. The maximum atomic E-state index is 13.7. The molecular weight excluding hydrogens is 211 g/mol. The van der Waals surface area contributed by atoms with Crippen LogP contribution in [0.4, 0.5) is 4.39 Å². The Kier molecular flexibility index (Phi) is 2.89. The Bertz CT molecular complexity index is 434. The van der Waals surface area contributed by atoms with Gasteiger partial charge in [0.05, 0.1) is 0 Å². The average Bonchev–Trinajstić information content (AvgIpc) is 2.28. The molecule has 0 spiro atoms. The van der Waals surface area contributed by atoms with Crippen LogP contribution in [0.2, 0.25) is 0 Å². The quantitative estimate of drug-likeness (QED) is 0.679. The first-order chi connectivity index (χ1) is 7.61. The van der Waals surface area contributed by atoms with Gasteiger partial charge in [0, 0.05) is 19.5 Å². The lowest BCUT2D eigenvalue weighted by molar-refractivity contribution is -0.139. The van der Waals surface area contributed by atoms with Gasteiger partial charge in [-0.05, 0) is 22.8 Å². The van der Waals surface area contributed by atoms with Crippen LogP contribution in [0.3, 0.4) is 0 Å². The molecule has 1 heterocycles. The summed E-state index contributed by atoms with van der Waals surface area (Å²) in [4.78, 5) is 10.8. The summed E-state index contributed by atoms with van der Waals surface area (Å²) in [7, 11) is 0. The molecule has 16 heavy (non-hydrogen) atoms. The van der Waals surface area contributed by atoms with Gasteiger partial charge >= 0.3 is 5.97 Å². The number of rotatable bonds is 2. The van der Waals surface area contributed by atoms with Crippen LogP contribution in [-0.2, 0) is 24.3 Å². The van der Waals surface area contributed by atoms with Crippen LogP contribution in [0.5, 0.6) is 0 Å². The first-order valence-corrected chi connectivity index (χ1v) is 5.08. The van der Waals surface area contributed by atoms with Gasteiger partial charge < -0.3 is 16.2 Å². The molecule has 4 N–H and O–H groups in total. The van der Waals surface area contributed by atoms with Gasteiger partial charge in [-0.15, -0.1) is 0 Å². The minimum atomic E-state index is -0.951. The van der Waals surface area contributed by atoms with Crippen molar-refractivity contribution in [1.82, 2.24) is 5.32 Å². The minimum absolute atomic E-state index is 0.182. The van der Waals surface area contributed by atoms with Crippen LogP contribution < -0.4 is 11.1 Å². The largest absolute Gasteiger partial charge is 0.480 e. The highest BCUT2D eigenvalue weighted by Gasteiger charge is 2.25. The van der Waals surface area contributed by atoms with E-state index >= 15 is 0 Å². The van der Waals surface area contributed by atoms with Gasteiger partial charge in [-0.3, -0.25) is 4.79 Å². The van der Waals surface area contributed by atoms with E-state index in [4.69, 9.17) is 10.8 Å². The Morgan fingerprint density at radius 1 is 1.62 bits per heavy atom. The number of fused-ring (bicyclic) bond motifs is 1. The normalized spacial score (nSPS) is 19.2. The van der Waals surface area contributed by atoms with Crippen LogP contribution in [0, 0.1) is 5.82 Å². The first-order valence-electron chi connectivity index (χ1n) is 5.08. The molecule has 0 radical (unpaired) electrons. The van der Waals surface area contributed by atoms with E-state index in [0.29, 0.717) is 12.1 Å². The average molecular weight is 224 g/mol. The predicted molar refractivity (Wildman–Crippen MR) is 56.3 cm³/mol. The number of carboxylic acids is 1. The van der Waals surface area contributed by atoms with E-state index in [-0.39, 0.29) is 18.8 Å². The molecule has 5 heteroatoms. The Labute approximate surface area is 92.3 Å². The summed E-state index contributed by atoms with van der Waals surface area (Å²) < 4.78 is 13.7. The molecule has 1 aromatic rings. The fourth-order valence-electron chi connectivity index (χ4n) is 1.94. The van der Waals surface area contributed by atoms with Crippen molar-refractivity contribution in [1.29, 1.82) is 0 Å². The highest BCUT2D eigenvalue weighted by molar-refractivity contribution is 5.74. The number of benzene rings is 1. The van der Waals surface area contributed by atoms with E-state index in [9.17, 15) is 9.18 Å². The highest BCUT2D eigenvalue weighted by Crippen LogP contribution is 2.22. The lowest BCUT2D eigenvalue weighted by Crippen LogP contribution is -2.42. The molecule has 1 aliphatic rings. The molecule has 0 aliphatic carbocycles. The fraction of sp³-hybridized carbons (Fsp3) is 0.364. The van der Waals surface area contributed by atoms with E-state index in [0.717, 1.165) is 11.1 Å². The Morgan fingerprint density at radius 2 is 2.38 bits per heavy atom. The number of nitrogens with two attached hydrogens (primary N) is 1. The smallest absolute Gasteiger partial charge is 0.321 e. The van der Waals surface area contributed by atoms with Crippen molar-refractivity contribution < 1.29 is 14.3 Å². The summed E-state index contributed by atoms with van der Waals surface area (Å²) in [5.41, 5.74) is 7.47. The molecule has 4 nitrogen and oxygen atoms in total. The maximum absolute atomic E-state index is 13.7. The highest BCUT2D eigenvalue weighted by atomic mass is 19.1. The molecule has 1 atom stereocenters. The van der Waals surface area contributed by atoms with Crippen molar-refractivity contribution in [3.05, 3.63) is 34.6 Å². The van der Waals surface area contributed by atoms with Gasteiger partial charge in [0.1, 0.15) is 11.9 Å². The molecule has 0 fully saturated rings.